The number of nitro benzene ring substituents is 1. The summed E-state index contributed by atoms with van der Waals surface area (Å²) < 4.78 is 37.9. The van der Waals surface area contributed by atoms with Gasteiger partial charge in [-0.2, -0.15) is 4.31 Å². The summed E-state index contributed by atoms with van der Waals surface area (Å²) in [5.74, 6) is 0.245. The van der Waals surface area contributed by atoms with E-state index < -0.39 is 26.8 Å². The Morgan fingerprint density at radius 1 is 1.23 bits per heavy atom. The van der Waals surface area contributed by atoms with Gasteiger partial charge in [-0.15, -0.1) is 0 Å². The number of sulfonamides is 1. The van der Waals surface area contributed by atoms with Gasteiger partial charge in [0.25, 0.3) is 11.2 Å². The number of hydrogen-bond acceptors (Lipinski definition) is 8. The molecule has 0 spiro atoms. The van der Waals surface area contributed by atoms with Crippen LogP contribution in [-0.2, 0) is 32.5 Å². The second-order valence-corrected chi connectivity index (χ2v) is 8.40. The van der Waals surface area contributed by atoms with Gasteiger partial charge in [0, 0.05) is 44.9 Å². The van der Waals surface area contributed by atoms with E-state index in [2.05, 4.69) is 9.97 Å². The van der Waals surface area contributed by atoms with E-state index in [0.717, 1.165) is 16.4 Å². The molecule has 162 valence electrons. The van der Waals surface area contributed by atoms with Gasteiger partial charge < -0.3 is 14.5 Å². The molecule has 12 heteroatoms. The maximum Gasteiger partial charge on any atom is 0.269 e. The Balaban J connectivity index is 1.88. The van der Waals surface area contributed by atoms with E-state index in [1.807, 2.05) is 0 Å². The molecular formula is C18H22N4O7S. The van der Waals surface area contributed by atoms with Crippen molar-refractivity contribution in [3.05, 3.63) is 61.8 Å². The van der Waals surface area contributed by atoms with Crippen LogP contribution in [0.25, 0.3) is 0 Å². The molecule has 2 heterocycles. The van der Waals surface area contributed by atoms with Crippen molar-refractivity contribution in [2.24, 2.45) is 0 Å². The molecule has 1 aromatic carbocycles. The summed E-state index contributed by atoms with van der Waals surface area (Å²) in [7, 11) is -3.93. The fourth-order valence-corrected chi connectivity index (χ4v) is 4.54. The first kappa shape index (κ1) is 22.0. The molecule has 1 aliphatic rings. The molecule has 1 N–H and O–H groups in total. The molecule has 2 aromatic rings. The number of rotatable bonds is 8. The van der Waals surface area contributed by atoms with Crippen LogP contribution >= 0.6 is 0 Å². The van der Waals surface area contributed by atoms with Gasteiger partial charge in [-0.1, -0.05) is 0 Å². The lowest BCUT2D eigenvalue weighted by molar-refractivity contribution is -0.384. The van der Waals surface area contributed by atoms with Crippen molar-refractivity contribution in [2.45, 2.75) is 38.0 Å². The van der Waals surface area contributed by atoms with E-state index in [1.165, 1.54) is 12.1 Å². The molecule has 0 aliphatic carbocycles. The second-order valence-electron chi connectivity index (χ2n) is 6.46. The van der Waals surface area contributed by atoms with Gasteiger partial charge in [0.05, 0.1) is 21.1 Å². The summed E-state index contributed by atoms with van der Waals surface area (Å²) in [5.41, 5.74) is 0.0859. The third-order valence-electron chi connectivity index (χ3n) is 4.60. The van der Waals surface area contributed by atoms with Crippen LogP contribution in [0, 0.1) is 10.1 Å². The Labute approximate surface area is 172 Å². The lowest BCUT2D eigenvalue weighted by atomic mass is 10.1. The number of ether oxygens (including phenoxy) is 2. The van der Waals surface area contributed by atoms with Crippen LogP contribution in [-0.4, -0.2) is 47.4 Å². The molecule has 0 radical (unpaired) electrons. The molecule has 30 heavy (non-hydrogen) atoms. The lowest BCUT2D eigenvalue weighted by Gasteiger charge is -2.27. The summed E-state index contributed by atoms with van der Waals surface area (Å²) in [6, 6.07) is 4.63. The van der Waals surface area contributed by atoms with E-state index in [4.69, 9.17) is 9.47 Å². The molecule has 0 bridgehead atoms. The fourth-order valence-electron chi connectivity index (χ4n) is 3.13. The Bertz CT molecular complexity index is 1080. The number of hydrogen-bond donors (Lipinski definition) is 1. The number of fused-ring (bicyclic) bond motifs is 1. The molecule has 0 saturated heterocycles. The monoisotopic (exact) mass is 438 g/mol. The molecule has 0 amide bonds. The van der Waals surface area contributed by atoms with Gasteiger partial charge in [0.2, 0.25) is 16.3 Å². The van der Waals surface area contributed by atoms with Crippen LogP contribution in [0.1, 0.15) is 37.2 Å². The maximum absolute atomic E-state index is 12.9. The van der Waals surface area contributed by atoms with Crippen LogP contribution in [0.2, 0.25) is 0 Å². The highest BCUT2D eigenvalue weighted by Crippen LogP contribution is 2.25. The summed E-state index contributed by atoms with van der Waals surface area (Å²) in [4.78, 5) is 29.8. The van der Waals surface area contributed by atoms with Crippen molar-refractivity contribution in [3.8, 4) is 0 Å². The number of non-ortho nitro benzene ring substituents is 1. The topological polar surface area (TPSA) is 145 Å². The minimum atomic E-state index is -3.93. The zero-order valence-corrected chi connectivity index (χ0v) is 17.3. The summed E-state index contributed by atoms with van der Waals surface area (Å²) in [6.07, 6.45) is -0.566. The largest absolute Gasteiger partial charge is 0.346 e. The van der Waals surface area contributed by atoms with Gasteiger partial charge in [-0.25, -0.2) is 13.4 Å². The number of H-pyrrole nitrogens is 1. The van der Waals surface area contributed by atoms with Crippen LogP contribution in [0.4, 0.5) is 5.69 Å². The molecular weight excluding hydrogens is 416 g/mol. The first-order valence-electron chi connectivity index (χ1n) is 9.37. The van der Waals surface area contributed by atoms with Gasteiger partial charge in [-0.3, -0.25) is 14.9 Å². The van der Waals surface area contributed by atoms with Crippen LogP contribution in [0.15, 0.2) is 34.0 Å². The zero-order chi connectivity index (χ0) is 21.9. The van der Waals surface area contributed by atoms with Crippen LogP contribution < -0.4 is 5.56 Å². The Morgan fingerprint density at radius 2 is 1.87 bits per heavy atom. The molecule has 0 atom stereocenters. The molecule has 1 aromatic heterocycles. The first-order chi connectivity index (χ1) is 14.3. The van der Waals surface area contributed by atoms with Crippen LogP contribution in [0.3, 0.4) is 0 Å². The SMILES string of the molecule is CCOC(OCC)c1nc2c(c(=O)[nH]1)CN(S(=O)(=O)c1ccc([N+](=O)[O-])cc1)CC2. The molecule has 3 rings (SSSR count). The van der Waals surface area contributed by atoms with Crippen molar-refractivity contribution >= 4 is 15.7 Å². The molecule has 0 saturated carbocycles. The lowest BCUT2D eigenvalue weighted by Crippen LogP contribution is -2.40. The van der Waals surface area contributed by atoms with Crippen molar-refractivity contribution < 1.29 is 22.8 Å². The number of nitrogens with zero attached hydrogens (tertiary/aromatic N) is 3. The summed E-state index contributed by atoms with van der Waals surface area (Å²) in [5, 5.41) is 10.8. The smallest absolute Gasteiger partial charge is 0.269 e. The zero-order valence-electron chi connectivity index (χ0n) is 16.5. The van der Waals surface area contributed by atoms with E-state index in [-0.39, 0.29) is 41.5 Å². The van der Waals surface area contributed by atoms with E-state index in [1.54, 1.807) is 13.8 Å². The fraction of sp³-hybridized carbons (Fsp3) is 0.444. The average Bonchev–Trinajstić information content (AvgIpc) is 2.73. The van der Waals surface area contributed by atoms with Crippen molar-refractivity contribution in [3.63, 3.8) is 0 Å². The number of benzene rings is 1. The van der Waals surface area contributed by atoms with Gasteiger partial charge in [0.1, 0.15) is 0 Å². The minimum Gasteiger partial charge on any atom is -0.346 e. The third-order valence-corrected chi connectivity index (χ3v) is 6.46. The van der Waals surface area contributed by atoms with E-state index >= 15 is 0 Å². The van der Waals surface area contributed by atoms with Crippen LogP contribution in [0.5, 0.6) is 0 Å². The highest BCUT2D eigenvalue weighted by atomic mass is 32.2. The highest BCUT2D eigenvalue weighted by molar-refractivity contribution is 7.89. The standard InChI is InChI=1S/C18H22N4O7S/c1-3-28-18(29-4-2)16-19-15-9-10-21(11-14(15)17(23)20-16)30(26,27)13-7-5-12(6-8-13)22(24)25/h5-8,18H,3-4,9-11H2,1-2H3,(H,19,20,23). The van der Waals surface area contributed by atoms with E-state index in [9.17, 15) is 23.3 Å². The predicted octanol–water partition coefficient (Wildman–Crippen LogP) is 1.50. The van der Waals surface area contributed by atoms with Crippen molar-refractivity contribution in [1.82, 2.24) is 14.3 Å². The van der Waals surface area contributed by atoms with Gasteiger partial charge in [0.15, 0.2) is 5.82 Å². The number of nitro groups is 1. The predicted molar refractivity (Wildman–Crippen MR) is 105 cm³/mol. The molecule has 0 fully saturated rings. The van der Waals surface area contributed by atoms with Gasteiger partial charge in [-0.05, 0) is 26.0 Å². The number of aromatic nitrogens is 2. The summed E-state index contributed by atoms with van der Waals surface area (Å²) in [6.45, 7) is 4.30. The van der Waals surface area contributed by atoms with Gasteiger partial charge >= 0.3 is 0 Å². The molecule has 0 unspecified atom stereocenters. The Morgan fingerprint density at radius 3 is 2.43 bits per heavy atom. The first-order valence-corrected chi connectivity index (χ1v) is 10.8. The highest BCUT2D eigenvalue weighted by Gasteiger charge is 2.31. The van der Waals surface area contributed by atoms with Crippen molar-refractivity contribution in [1.29, 1.82) is 0 Å². The Hall–Kier alpha value is -2.67. The normalized spacial score (nSPS) is 14.6. The second kappa shape index (κ2) is 9.00. The van der Waals surface area contributed by atoms with Crippen molar-refractivity contribution in [2.75, 3.05) is 19.8 Å². The number of nitrogens with one attached hydrogen (secondary N) is 1. The Kier molecular flexibility index (Phi) is 6.61. The van der Waals surface area contributed by atoms with E-state index in [0.29, 0.717) is 18.9 Å². The number of aromatic amines is 1. The maximum atomic E-state index is 12.9. The minimum absolute atomic E-state index is 0.0784. The molecule has 11 nitrogen and oxygen atoms in total. The summed E-state index contributed by atoms with van der Waals surface area (Å²) >= 11 is 0. The third kappa shape index (κ3) is 4.41. The molecule has 1 aliphatic heterocycles. The quantitative estimate of drug-likeness (QED) is 0.371. The average molecular weight is 438 g/mol.